The molecule has 0 radical (unpaired) electrons. The number of nitrogens with one attached hydrogen (secondary N) is 2. The number of rotatable bonds is 6. The second-order valence-corrected chi connectivity index (χ2v) is 10.4. The van der Waals surface area contributed by atoms with Crippen molar-refractivity contribution in [3.8, 4) is 11.3 Å². The van der Waals surface area contributed by atoms with Crippen LogP contribution in [0.15, 0.2) is 77.0 Å². The normalized spacial score (nSPS) is 11.2. The lowest BCUT2D eigenvalue weighted by Gasteiger charge is -2.09. The smallest absolute Gasteiger partial charge is 0.261 e. The third-order valence-corrected chi connectivity index (χ3v) is 7.29. The molecule has 0 aliphatic carbocycles. The molecule has 0 spiro atoms. The van der Waals surface area contributed by atoms with Crippen molar-refractivity contribution in [2.45, 2.75) is 18.7 Å². The van der Waals surface area contributed by atoms with E-state index in [1.165, 1.54) is 47.2 Å². The Morgan fingerprint density at radius 1 is 1.00 bits per heavy atom. The molecule has 0 unspecified atom stereocenters. The van der Waals surface area contributed by atoms with Gasteiger partial charge >= 0.3 is 0 Å². The second kappa shape index (κ2) is 9.35. The van der Waals surface area contributed by atoms with Gasteiger partial charge in [-0.3, -0.25) is 14.8 Å². The van der Waals surface area contributed by atoms with E-state index in [-0.39, 0.29) is 16.5 Å². The Balaban J connectivity index is 1.49. The molecular weight excluding hydrogens is 478 g/mol. The summed E-state index contributed by atoms with van der Waals surface area (Å²) in [5, 5.41) is 5.58. The minimum absolute atomic E-state index is 0.0727. The molecule has 0 aliphatic heterocycles. The van der Waals surface area contributed by atoms with E-state index in [1.807, 2.05) is 31.4 Å². The molecule has 2 N–H and O–H groups in total. The van der Waals surface area contributed by atoms with E-state index in [4.69, 9.17) is 11.6 Å². The molecule has 0 aliphatic rings. The summed E-state index contributed by atoms with van der Waals surface area (Å²) in [6, 6.07) is 18.2. The minimum atomic E-state index is -3.82. The first-order valence-electron chi connectivity index (χ1n) is 9.94. The van der Waals surface area contributed by atoms with Crippen molar-refractivity contribution < 1.29 is 13.2 Å². The molecule has 4 aromatic rings. The van der Waals surface area contributed by atoms with Gasteiger partial charge in [0.25, 0.3) is 15.9 Å². The summed E-state index contributed by atoms with van der Waals surface area (Å²) >= 11 is 7.16. The highest BCUT2D eigenvalue weighted by molar-refractivity contribution is 7.92. The number of thiazole rings is 1. The monoisotopic (exact) mass is 497 g/mol. The Hall–Kier alpha value is -3.20. The van der Waals surface area contributed by atoms with E-state index in [2.05, 4.69) is 21.1 Å². The Morgan fingerprint density at radius 3 is 2.48 bits per heavy atom. The fourth-order valence-electron chi connectivity index (χ4n) is 3.28. The van der Waals surface area contributed by atoms with Gasteiger partial charge in [0.1, 0.15) is 0 Å². The van der Waals surface area contributed by atoms with E-state index in [9.17, 15) is 13.2 Å². The van der Waals surface area contributed by atoms with Gasteiger partial charge in [0.05, 0.1) is 10.6 Å². The molecule has 0 atom stereocenters. The van der Waals surface area contributed by atoms with Crippen LogP contribution < -0.4 is 10.0 Å². The molecule has 33 heavy (non-hydrogen) atoms. The van der Waals surface area contributed by atoms with Crippen LogP contribution in [-0.4, -0.2) is 19.3 Å². The average molecular weight is 498 g/mol. The minimum Gasteiger partial charge on any atom is -0.298 e. The highest BCUT2D eigenvalue weighted by Crippen LogP contribution is 2.28. The lowest BCUT2D eigenvalue weighted by molar-refractivity contribution is 0.102. The zero-order chi connectivity index (χ0) is 23.6. The van der Waals surface area contributed by atoms with Crippen molar-refractivity contribution in [3.63, 3.8) is 0 Å². The lowest BCUT2D eigenvalue weighted by Crippen LogP contribution is -2.15. The number of aryl methyl sites for hydroxylation is 2. The average Bonchev–Trinajstić information content (AvgIpc) is 3.22. The number of carbonyl (C=O) groups excluding carboxylic acids is 1. The largest absolute Gasteiger partial charge is 0.298 e. The third-order valence-electron chi connectivity index (χ3n) is 4.88. The van der Waals surface area contributed by atoms with Crippen molar-refractivity contribution in [1.82, 2.24) is 4.98 Å². The SMILES string of the molecule is Cc1ccc(-c2csc(NC(=O)c3cccc(NS(=O)(=O)c4ccc(Cl)cc4)c3)n2)c(C)c1. The number of anilines is 2. The van der Waals surface area contributed by atoms with Crippen molar-refractivity contribution in [2.24, 2.45) is 0 Å². The van der Waals surface area contributed by atoms with Gasteiger partial charge in [0, 0.05) is 27.2 Å². The van der Waals surface area contributed by atoms with Crippen LogP contribution in [0.25, 0.3) is 11.3 Å². The van der Waals surface area contributed by atoms with Gasteiger partial charge in [-0.1, -0.05) is 41.4 Å². The van der Waals surface area contributed by atoms with E-state index >= 15 is 0 Å². The van der Waals surface area contributed by atoms with Gasteiger partial charge in [-0.2, -0.15) is 0 Å². The van der Waals surface area contributed by atoms with Crippen molar-refractivity contribution in [1.29, 1.82) is 0 Å². The van der Waals surface area contributed by atoms with Gasteiger partial charge in [-0.05, 0) is 61.9 Å². The zero-order valence-electron chi connectivity index (χ0n) is 17.8. The van der Waals surface area contributed by atoms with Gasteiger partial charge in [0.15, 0.2) is 5.13 Å². The first kappa shape index (κ1) is 23.0. The van der Waals surface area contributed by atoms with Crippen LogP contribution in [0.3, 0.4) is 0 Å². The molecule has 3 aromatic carbocycles. The third kappa shape index (κ3) is 5.42. The number of amides is 1. The fraction of sp³-hybridized carbons (Fsp3) is 0.0833. The molecule has 168 valence electrons. The number of halogens is 1. The summed E-state index contributed by atoms with van der Waals surface area (Å²) in [5.41, 5.74) is 4.65. The molecule has 4 rings (SSSR count). The summed E-state index contributed by atoms with van der Waals surface area (Å²) in [6.07, 6.45) is 0. The zero-order valence-corrected chi connectivity index (χ0v) is 20.2. The van der Waals surface area contributed by atoms with Crippen molar-refractivity contribution in [3.05, 3.63) is 93.8 Å². The molecule has 0 fully saturated rings. The molecule has 1 amide bonds. The summed E-state index contributed by atoms with van der Waals surface area (Å²) < 4.78 is 27.7. The summed E-state index contributed by atoms with van der Waals surface area (Å²) in [6.45, 7) is 4.06. The van der Waals surface area contributed by atoms with Crippen molar-refractivity contribution in [2.75, 3.05) is 10.0 Å². The maximum atomic E-state index is 12.8. The number of carbonyl (C=O) groups is 1. The fourth-order valence-corrected chi connectivity index (χ4v) is 5.16. The van der Waals surface area contributed by atoms with Gasteiger partial charge < -0.3 is 0 Å². The van der Waals surface area contributed by atoms with E-state index in [1.54, 1.807) is 18.2 Å². The van der Waals surface area contributed by atoms with Crippen LogP contribution in [0, 0.1) is 13.8 Å². The van der Waals surface area contributed by atoms with Gasteiger partial charge in [-0.15, -0.1) is 11.3 Å². The summed E-state index contributed by atoms with van der Waals surface area (Å²) in [5.74, 6) is -0.385. The number of hydrogen-bond acceptors (Lipinski definition) is 5. The maximum absolute atomic E-state index is 12.8. The summed E-state index contributed by atoms with van der Waals surface area (Å²) in [4.78, 5) is 17.4. The number of hydrogen-bond donors (Lipinski definition) is 2. The predicted molar refractivity (Wildman–Crippen MR) is 134 cm³/mol. The molecule has 9 heteroatoms. The highest BCUT2D eigenvalue weighted by atomic mass is 35.5. The molecular formula is C24H20ClN3O3S2. The van der Waals surface area contributed by atoms with Gasteiger partial charge in [0.2, 0.25) is 0 Å². The number of sulfonamides is 1. The standard InChI is InChI=1S/C24H20ClN3O3S2/c1-15-6-11-21(16(2)12-15)22-14-32-24(26-22)27-23(29)17-4-3-5-19(13-17)28-33(30,31)20-9-7-18(25)8-10-20/h3-14,28H,1-2H3,(H,26,27,29). The first-order chi connectivity index (χ1) is 15.7. The van der Waals surface area contributed by atoms with Crippen LogP contribution in [0.2, 0.25) is 5.02 Å². The van der Waals surface area contributed by atoms with Crippen LogP contribution in [0.4, 0.5) is 10.8 Å². The second-order valence-electron chi connectivity index (χ2n) is 7.45. The van der Waals surface area contributed by atoms with Gasteiger partial charge in [-0.25, -0.2) is 13.4 Å². The molecule has 1 aromatic heterocycles. The molecule has 6 nitrogen and oxygen atoms in total. The first-order valence-corrected chi connectivity index (χ1v) is 12.7. The molecule has 0 saturated carbocycles. The highest BCUT2D eigenvalue weighted by Gasteiger charge is 2.16. The van der Waals surface area contributed by atoms with Crippen LogP contribution in [0.1, 0.15) is 21.5 Å². The Bertz CT molecular complexity index is 1430. The number of nitrogens with zero attached hydrogens (tertiary/aromatic N) is 1. The quantitative estimate of drug-likeness (QED) is 0.335. The molecule has 1 heterocycles. The Labute approximate surface area is 201 Å². The van der Waals surface area contributed by atoms with E-state index in [0.29, 0.717) is 15.7 Å². The predicted octanol–water partition coefficient (Wildman–Crippen LogP) is 6.13. The maximum Gasteiger partial charge on any atom is 0.261 e. The van der Waals surface area contributed by atoms with E-state index < -0.39 is 10.0 Å². The van der Waals surface area contributed by atoms with Crippen molar-refractivity contribution >= 4 is 49.7 Å². The Kier molecular flexibility index (Phi) is 6.51. The van der Waals surface area contributed by atoms with Crippen LogP contribution in [-0.2, 0) is 10.0 Å². The van der Waals surface area contributed by atoms with E-state index in [0.717, 1.165) is 16.8 Å². The lowest BCUT2D eigenvalue weighted by atomic mass is 10.0. The molecule has 0 bridgehead atoms. The topological polar surface area (TPSA) is 88.2 Å². The molecule has 0 saturated heterocycles. The number of aromatic nitrogens is 1. The van der Waals surface area contributed by atoms with Crippen LogP contribution in [0.5, 0.6) is 0 Å². The Morgan fingerprint density at radius 2 is 1.76 bits per heavy atom. The van der Waals surface area contributed by atoms with Crippen LogP contribution >= 0.6 is 22.9 Å². The number of benzene rings is 3. The summed E-state index contributed by atoms with van der Waals surface area (Å²) in [7, 11) is -3.82.